The molecule has 1 aromatic heterocycles. The molecule has 2 N–H and O–H groups in total. The first-order valence-corrected chi connectivity index (χ1v) is 5.53. The van der Waals surface area contributed by atoms with Gasteiger partial charge in [0.05, 0.1) is 11.0 Å². The quantitative estimate of drug-likeness (QED) is 0.567. The number of hydrogen-bond acceptors (Lipinski definition) is 7. The van der Waals surface area contributed by atoms with Crippen LogP contribution in [-0.4, -0.2) is 46.7 Å². The minimum Gasteiger partial charge on any atom is -0.393 e. The van der Waals surface area contributed by atoms with Gasteiger partial charge in [0, 0.05) is 20.6 Å². The second-order valence-corrected chi connectivity index (χ2v) is 3.96. The van der Waals surface area contributed by atoms with E-state index < -0.39 is 11.0 Å². The molecule has 8 nitrogen and oxygen atoms in total. The van der Waals surface area contributed by atoms with E-state index in [-0.39, 0.29) is 17.3 Å². The Morgan fingerprint density at radius 1 is 1.61 bits per heavy atom. The van der Waals surface area contributed by atoms with Crippen molar-refractivity contribution in [3.05, 3.63) is 16.4 Å². The number of anilines is 2. The van der Waals surface area contributed by atoms with Crippen LogP contribution in [-0.2, 0) is 0 Å². The number of hydrogen-bond donors (Lipinski definition) is 2. The molecule has 18 heavy (non-hydrogen) atoms. The lowest BCUT2D eigenvalue weighted by molar-refractivity contribution is -0.383. The van der Waals surface area contributed by atoms with Crippen molar-refractivity contribution in [1.29, 1.82) is 0 Å². The van der Waals surface area contributed by atoms with E-state index in [1.807, 2.05) is 0 Å². The normalized spacial score (nSPS) is 12.0. The van der Waals surface area contributed by atoms with Crippen molar-refractivity contribution in [1.82, 2.24) is 9.97 Å². The summed E-state index contributed by atoms with van der Waals surface area (Å²) in [5.74, 6) is 0.411. The van der Waals surface area contributed by atoms with E-state index in [0.29, 0.717) is 13.0 Å². The summed E-state index contributed by atoms with van der Waals surface area (Å²) in [5, 5.41) is 22.9. The zero-order valence-electron chi connectivity index (χ0n) is 10.6. The van der Waals surface area contributed by atoms with Gasteiger partial charge in [0.1, 0.15) is 6.33 Å². The lowest BCUT2D eigenvalue weighted by atomic mass is 10.2. The summed E-state index contributed by atoms with van der Waals surface area (Å²) < 4.78 is 0. The highest BCUT2D eigenvalue weighted by Crippen LogP contribution is 2.30. The van der Waals surface area contributed by atoms with Crippen molar-refractivity contribution in [2.45, 2.75) is 19.4 Å². The fourth-order valence-corrected chi connectivity index (χ4v) is 1.49. The molecule has 1 unspecified atom stereocenters. The Morgan fingerprint density at radius 2 is 2.28 bits per heavy atom. The van der Waals surface area contributed by atoms with E-state index >= 15 is 0 Å². The minimum atomic E-state index is -0.514. The van der Waals surface area contributed by atoms with Crippen LogP contribution in [0.5, 0.6) is 0 Å². The molecule has 0 aliphatic rings. The van der Waals surface area contributed by atoms with Crippen LogP contribution in [0.15, 0.2) is 6.33 Å². The first kappa shape index (κ1) is 14.1. The van der Waals surface area contributed by atoms with Crippen molar-refractivity contribution in [2.75, 3.05) is 30.9 Å². The van der Waals surface area contributed by atoms with E-state index in [0.717, 1.165) is 0 Å². The van der Waals surface area contributed by atoms with Gasteiger partial charge >= 0.3 is 5.69 Å². The molecule has 1 rings (SSSR count). The highest BCUT2D eigenvalue weighted by molar-refractivity contribution is 5.69. The average Bonchev–Trinajstić information content (AvgIpc) is 2.34. The van der Waals surface area contributed by atoms with Crippen molar-refractivity contribution in [3.8, 4) is 0 Å². The summed E-state index contributed by atoms with van der Waals surface area (Å²) in [4.78, 5) is 19.9. The van der Waals surface area contributed by atoms with Crippen LogP contribution in [0.3, 0.4) is 0 Å². The smallest absolute Gasteiger partial charge is 0.353 e. The summed E-state index contributed by atoms with van der Waals surface area (Å²) in [7, 11) is 3.26. The maximum Gasteiger partial charge on any atom is 0.353 e. The molecule has 1 aromatic rings. The molecule has 0 bridgehead atoms. The lowest BCUT2D eigenvalue weighted by Crippen LogP contribution is -2.24. The van der Waals surface area contributed by atoms with Gasteiger partial charge in [-0.2, -0.15) is 0 Å². The molecule has 0 radical (unpaired) electrons. The van der Waals surface area contributed by atoms with E-state index in [9.17, 15) is 15.2 Å². The summed E-state index contributed by atoms with van der Waals surface area (Å²) in [6, 6.07) is 0. The highest BCUT2D eigenvalue weighted by atomic mass is 16.6. The van der Waals surface area contributed by atoms with Gasteiger partial charge in [-0.25, -0.2) is 9.97 Å². The molecule has 0 aromatic carbocycles. The molecular weight excluding hydrogens is 238 g/mol. The van der Waals surface area contributed by atoms with Crippen LogP contribution < -0.4 is 10.2 Å². The molecule has 0 spiro atoms. The Labute approximate surface area is 105 Å². The molecule has 0 saturated carbocycles. The third kappa shape index (κ3) is 3.27. The minimum absolute atomic E-state index is 0.159. The molecule has 0 aliphatic carbocycles. The number of nitrogens with zero attached hydrogens (tertiary/aromatic N) is 4. The summed E-state index contributed by atoms with van der Waals surface area (Å²) in [5.41, 5.74) is -0.159. The van der Waals surface area contributed by atoms with Gasteiger partial charge in [-0.1, -0.05) is 0 Å². The molecule has 1 atom stereocenters. The monoisotopic (exact) mass is 255 g/mol. The molecule has 0 fully saturated rings. The van der Waals surface area contributed by atoms with Gasteiger partial charge in [-0.3, -0.25) is 10.1 Å². The number of aliphatic hydroxyl groups excluding tert-OH is 1. The Bertz CT molecular complexity index is 424. The van der Waals surface area contributed by atoms with E-state index in [2.05, 4.69) is 15.3 Å². The van der Waals surface area contributed by atoms with Crippen LogP contribution in [0.2, 0.25) is 0 Å². The standard InChI is InChI=1S/C10H17N5O3/c1-7(16)4-5-14(3)10-8(15(17)18)9(11-2)12-6-13-10/h6-7,16H,4-5H2,1-3H3,(H,11,12,13). The van der Waals surface area contributed by atoms with Crippen LogP contribution in [0, 0.1) is 10.1 Å². The zero-order valence-corrected chi connectivity index (χ0v) is 10.6. The van der Waals surface area contributed by atoms with Crippen molar-refractivity contribution < 1.29 is 10.0 Å². The summed E-state index contributed by atoms with van der Waals surface area (Å²) in [6.07, 6.45) is 1.32. The third-order valence-electron chi connectivity index (χ3n) is 2.47. The molecule has 0 aliphatic heterocycles. The van der Waals surface area contributed by atoms with Crippen molar-refractivity contribution in [2.24, 2.45) is 0 Å². The number of rotatable bonds is 6. The fourth-order valence-electron chi connectivity index (χ4n) is 1.49. The van der Waals surface area contributed by atoms with Crippen LogP contribution in [0.1, 0.15) is 13.3 Å². The Kier molecular flexibility index (Phi) is 4.78. The number of aliphatic hydroxyl groups is 1. The Morgan fingerprint density at radius 3 is 2.78 bits per heavy atom. The zero-order chi connectivity index (χ0) is 13.7. The maximum atomic E-state index is 11.1. The summed E-state index contributed by atoms with van der Waals surface area (Å²) in [6.45, 7) is 2.14. The predicted molar refractivity (Wildman–Crippen MR) is 67.8 cm³/mol. The second-order valence-electron chi connectivity index (χ2n) is 3.96. The van der Waals surface area contributed by atoms with Crippen LogP contribution in [0.25, 0.3) is 0 Å². The van der Waals surface area contributed by atoms with E-state index in [4.69, 9.17) is 0 Å². The maximum absolute atomic E-state index is 11.1. The van der Waals surface area contributed by atoms with Crippen molar-refractivity contribution >= 4 is 17.3 Å². The Balaban J connectivity index is 3.03. The first-order valence-electron chi connectivity index (χ1n) is 5.53. The molecule has 0 amide bonds. The number of aromatic nitrogens is 2. The largest absolute Gasteiger partial charge is 0.393 e. The number of nitrogens with one attached hydrogen (secondary N) is 1. The molecule has 8 heteroatoms. The highest BCUT2D eigenvalue weighted by Gasteiger charge is 2.24. The van der Waals surface area contributed by atoms with Crippen LogP contribution in [0.4, 0.5) is 17.3 Å². The van der Waals surface area contributed by atoms with E-state index in [1.54, 1.807) is 25.9 Å². The van der Waals surface area contributed by atoms with Gasteiger partial charge in [-0.15, -0.1) is 0 Å². The topological polar surface area (TPSA) is 104 Å². The molecule has 1 heterocycles. The van der Waals surface area contributed by atoms with Gasteiger partial charge < -0.3 is 15.3 Å². The van der Waals surface area contributed by atoms with Gasteiger partial charge in [0.2, 0.25) is 11.6 Å². The SMILES string of the molecule is CNc1ncnc(N(C)CCC(C)O)c1[N+](=O)[O-]. The Hall–Kier alpha value is -1.96. The second kappa shape index (κ2) is 6.10. The van der Waals surface area contributed by atoms with Gasteiger partial charge in [0.25, 0.3) is 0 Å². The lowest BCUT2D eigenvalue weighted by Gasteiger charge is -2.19. The van der Waals surface area contributed by atoms with Gasteiger partial charge in [0.15, 0.2) is 0 Å². The number of nitro groups is 1. The van der Waals surface area contributed by atoms with Crippen LogP contribution >= 0.6 is 0 Å². The molecular formula is C10H17N5O3. The third-order valence-corrected chi connectivity index (χ3v) is 2.47. The van der Waals surface area contributed by atoms with Crippen molar-refractivity contribution in [3.63, 3.8) is 0 Å². The average molecular weight is 255 g/mol. The summed E-state index contributed by atoms with van der Waals surface area (Å²) >= 11 is 0. The molecule has 0 saturated heterocycles. The first-order chi connectivity index (χ1) is 8.47. The fraction of sp³-hybridized carbons (Fsp3) is 0.600. The van der Waals surface area contributed by atoms with E-state index in [1.165, 1.54) is 6.33 Å². The predicted octanol–water partition coefficient (Wildman–Crippen LogP) is 0.634. The van der Waals surface area contributed by atoms with Gasteiger partial charge in [-0.05, 0) is 13.3 Å². The molecule has 100 valence electrons.